The number of amides is 2. The van der Waals surface area contributed by atoms with Gasteiger partial charge in [-0.25, -0.2) is 4.85 Å². The molecule has 0 aliphatic heterocycles. The predicted octanol–water partition coefficient (Wildman–Crippen LogP) is 2.73. The number of carbonyl (C=O) groups is 2. The number of halogens is 1. The van der Waals surface area contributed by atoms with Crippen LogP contribution in [0.3, 0.4) is 0 Å². The smallest absolute Gasteiger partial charge is 0.269 e. The molecule has 2 amide bonds. The lowest BCUT2D eigenvalue weighted by atomic mass is 10.1. The van der Waals surface area contributed by atoms with Crippen molar-refractivity contribution in [1.82, 2.24) is 10.9 Å². The summed E-state index contributed by atoms with van der Waals surface area (Å²) < 4.78 is 0. The minimum absolute atomic E-state index is 0.0971. The maximum Gasteiger partial charge on any atom is 0.269 e. The van der Waals surface area contributed by atoms with Gasteiger partial charge >= 0.3 is 0 Å². The average molecular weight is 432 g/mol. The summed E-state index contributed by atoms with van der Waals surface area (Å²) in [6, 6.07) is 6.72. The Labute approximate surface area is 176 Å². The van der Waals surface area contributed by atoms with Gasteiger partial charge in [-0.05, 0) is 37.6 Å². The normalized spacial score (nSPS) is 12.2. The fourth-order valence-corrected chi connectivity index (χ4v) is 2.70. The largest absolute Gasteiger partial charge is 0.391 e. The molecule has 156 valence electrons. The number of hydrogen-bond donors (Lipinski definition) is 4. The van der Waals surface area contributed by atoms with Gasteiger partial charge in [-0.15, -0.1) is 0 Å². The lowest BCUT2D eigenvalue weighted by molar-refractivity contribution is -0.384. The zero-order chi connectivity index (χ0) is 22.4. The van der Waals surface area contributed by atoms with Crippen molar-refractivity contribution in [3.05, 3.63) is 74.1 Å². The zero-order valence-corrected chi connectivity index (χ0v) is 16.7. The molecule has 0 aliphatic rings. The number of non-ortho nitro benzene ring substituents is 1. The van der Waals surface area contributed by atoms with E-state index in [0.29, 0.717) is 11.3 Å². The summed E-state index contributed by atoms with van der Waals surface area (Å²) in [5, 5.41) is 23.7. The van der Waals surface area contributed by atoms with Gasteiger partial charge in [-0.2, -0.15) is 0 Å². The number of nitrogens with one attached hydrogen (secondary N) is 3. The molecule has 0 radical (unpaired) electrons. The highest BCUT2D eigenvalue weighted by atomic mass is 35.5. The van der Waals surface area contributed by atoms with Crippen LogP contribution >= 0.6 is 11.6 Å². The number of rotatable bonds is 6. The number of nitrogens with zero attached hydrogens (tertiary/aromatic N) is 2. The highest BCUT2D eigenvalue weighted by molar-refractivity contribution is 6.34. The van der Waals surface area contributed by atoms with Gasteiger partial charge in [-0.3, -0.25) is 30.6 Å². The van der Waals surface area contributed by atoms with Crippen molar-refractivity contribution >= 4 is 40.5 Å². The lowest BCUT2D eigenvalue weighted by Crippen LogP contribution is -2.52. The number of hydrogen-bond acceptors (Lipinski definition) is 6. The van der Waals surface area contributed by atoms with Gasteiger partial charge in [-0.1, -0.05) is 17.7 Å². The minimum Gasteiger partial charge on any atom is -0.391 e. The maximum absolute atomic E-state index is 12.5. The van der Waals surface area contributed by atoms with Crippen molar-refractivity contribution in [2.75, 3.05) is 5.32 Å². The summed E-state index contributed by atoms with van der Waals surface area (Å²) in [6.07, 6.45) is -1.14. The molecular formula is C19H18ClN5O5. The Morgan fingerprint density at radius 3 is 2.37 bits per heavy atom. The summed E-state index contributed by atoms with van der Waals surface area (Å²) >= 11 is 6.13. The Morgan fingerprint density at radius 1 is 1.20 bits per heavy atom. The fraction of sp³-hybridized carbons (Fsp3) is 0.211. The topological polar surface area (TPSA) is 138 Å². The van der Waals surface area contributed by atoms with Crippen LogP contribution in [0.5, 0.6) is 0 Å². The molecule has 2 rings (SSSR count). The second kappa shape index (κ2) is 9.69. The van der Waals surface area contributed by atoms with Gasteiger partial charge in [0, 0.05) is 23.4 Å². The summed E-state index contributed by atoms with van der Waals surface area (Å²) in [5.74, 6) is -1.42. The third-order valence-electron chi connectivity index (χ3n) is 4.20. The molecule has 30 heavy (non-hydrogen) atoms. The van der Waals surface area contributed by atoms with Crippen LogP contribution in [0.15, 0.2) is 36.4 Å². The molecule has 0 saturated carbocycles. The van der Waals surface area contributed by atoms with Crippen molar-refractivity contribution in [2.24, 2.45) is 0 Å². The number of carbonyl (C=O) groups excluding carboxylic acids is 2. The van der Waals surface area contributed by atoms with E-state index in [4.69, 9.17) is 18.2 Å². The van der Waals surface area contributed by atoms with Crippen LogP contribution in [-0.4, -0.2) is 34.0 Å². The summed E-state index contributed by atoms with van der Waals surface area (Å²) in [5.41, 5.74) is 5.53. The Bertz CT molecular complexity index is 1020. The Balaban J connectivity index is 2.07. The number of nitro benzene ring substituents is 1. The molecule has 11 heteroatoms. The highest BCUT2D eigenvalue weighted by Gasteiger charge is 2.25. The molecule has 0 saturated heterocycles. The summed E-state index contributed by atoms with van der Waals surface area (Å²) in [7, 11) is 0. The van der Waals surface area contributed by atoms with Crippen LogP contribution in [0.25, 0.3) is 4.85 Å². The van der Waals surface area contributed by atoms with Gasteiger partial charge in [0.25, 0.3) is 17.5 Å². The molecule has 0 spiro atoms. The van der Waals surface area contributed by atoms with Crippen molar-refractivity contribution < 1.29 is 19.6 Å². The van der Waals surface area contributed by atoms with Crippen LogP contribution < -0.4 is 16.2 Å². The Kier molecular flexibility index (Phi) is 7.30. The zero-order valence-electron chi connectivity index (χ0n) is 16.0. The van der Waals surface area contributed by atoms with E-state index in [1.807, 2.05) is 0 Å². The van der Waals surface area contributed by atoms with E-state index in [-0.39, 0.29) is 22.0 Å². The fourth-order valence-electron chi connectivity index (χ4n) is 2.49. The van der Waals surface area contributed by atoms with E-state index in [0.717, 1.165) is 12.1 Å². The monoisotopic (exact) mass is 431 g/mol. The van der Waals surface area contributed by atoms with E-state index in [1.54, 1.807) is 13.0 Å². The van der Waals surface area contributed by atoms with E-state index in [2.05, 4.69) is 21.0 Å². The van der Waals surface area contributed by atoms with Gasteiger partial charge in [0.05, 0.1) is 22.6 Å². The molecule has 0 fully saturated rings. The minimum atomic E-state index is -1.14. The number of aliphatic hydroxyl groups excluding tert-OH is 1. The van der Waals surface area contributed by atoms with Gasteiger partial charge < -0.3 is 10.4 Å². The third-order valence-corrected chi connectivity index (χ3v) is 4.68. The van der Waals surface area contributed by atoms with E-state index in [9.17, 15) is 24.8 Å². The van der Waals surface area contributed by atoms with E-state index in [1.165, 1.54) is 25.1 Å². The number of aliphatic hydroxyl groups is 1. The van der Waals surface area contributed by atoms with Crippen molar-refractivity contribution in [3.8, 4) is 0 Å². The van der Waals surface area contributed by atoms with Crippen LogP contribution in [0.4, 0.5) is 17.1 Å². The first-order valence-corrected chi connectivity index (χ1v) is 8.99. The van der Waals surface area contributed by atoms with E-state index < -0.39 is 28.9 Å². The first-order valence-electron chi connectivity index (χ1n) is 8.61. The number of nitro groups is 1. The van der Waals surface area contributed by atoms with Crippen LogP contribution in [0.1, 0.15) is 22.8 Å². The highest BCUT2D eigenvalue weighted by Crippen LogP contribution is 2.33. The lowest BCUT2D eigenvalue weighted by Gasteiger charge is -2.23. The van der Waals surface area contributed by atoms with Gasteiger partial charge in [0.15, 0.2) is 0 Å². The standard InChI is InChI=1S/C19H18ClN5O5/c1-10-14(8-9-15(21-3)16(10)20)22-17(11(2)26)19(28)24-23-18(27)12-4-6-13(7-5-12)25(29)30/h4-9,11,17,22,26H,1-2H3,(H,23,27)(H,24,28)/t11-,17+/m0/s1. The predicted molar refractivity (Wildman–Crippen MR) is 110 cm³/mol. The molecule has 2 atom stereocenters. The first-order chi connectivity index (χ1) is 14.1. The molecule has 0 heterocycles. The summed E-state index contributed by atoms with van der Waals surface area (Å²) in [6.45, 7) is 10.1. The van der Waals surface area contributed by atoms with E-state index >= 15 is 0 Å². The van der Waals surface area contributed by atoms with Crippen LogP contribution in [0, 0.1) is 23.6 Å². The Morgan fingerprint density at radius 2 is 1.83 bits per heavy atom. The van der Waals surface area contributed by atoms with Crippen molar-refractivity contribution in [2.45, 2.75) is 26.0 Å². The average Bonchev–Trinajstić information content (AvgIpc) is 2.72. The SMILES string of the molecule is [C-]#[N+]c1ccc(N[C@@H](C(=O)NNC(=O)c2ccc([N+](=O)[O-])cc2)[C@H](C)O)c(C)c1Cl. The number of benzene rings is 2. The quantitative estimate of drug-likeness (QED) is 0.315. The maximum atomic E-state index is 12.5. The summed E-state index contributed by atoms with van der Waals surface area (Å²) in [4.78, 5) is 38.0. The first kappa shape index (κ1) is 22.6. The van der Waals surface area contributed by atoms with Gasteiger partial charge in [0.2, 0.25) is 5.69 Å². The van der Waals surface area contributed by atoms with Crippen LogP contribution in [0.2, 0.25) is 5.02 Å². The third kappa shape index (κ3) is 5.22. The second-order valence-corrected chi connectivity index (χ2v) is 6.67. The van der Waals surface area contributed by atoms with Crippen LogP contribution in [-0.2, 0) is 4.79 Å². The van der Waals surface area contributed by atoms with Crippen molar-refractivity contribution in [3.63, 3.8) is 0 Å². The molecule has 4 N–H and O–H groups in total. The number of anilines is 1. The van der Waals surface area contributed by atoms with Crippen molar-refractivity contribution in [1.29, 1.82) is 0 Å². The molecule has 0 bridgehead atoms. The molecular weight excluding hydrogens is 414 g/mol. The molecule has 0 aliphatic carbocycles. The Hall–Kier alpha value is -3.68. The molecule has 0 unspecified atom stereocenters. The second-order valence-electron chi connectivity index (χ2n) is 6.29. The molecule has 10 nitrogen and oxygen atoms in total. The molecule has 2 aromatic carbocycles. The molecule has 2 aromatic rings. The number of hydrazine groups is 1. The van der Waals surface area contributed by atoms with Gasteiger partial charge in [0.1, 0.15) is 6.04 Å². The molecule has 0 aromatic heterocycles.